The van der Waals surface area contributed by atoms with Gasteiger partial charge in [0, 0.05) is 36.9 Å². The van der Waals surface area contributed by atoms with Gasteiger partial charge in [-0.1, -0.05) is 23.7 Å². The van der Waals surface area contributed by atoms with E-state index in [1.165, 1.54) is 6.07 Å². The van der Waals surface area contributed by atoms with E-state index in [2.05, 4.69) is 5.32 Å². The maximum absolute atomic E-state index is 12.1. The Hall–Kier alpha value is -2.11. The van der Waals surface area contributed by atoms with E-state index in [4.69, 9.17) is 16.3 Å². The molecule has 6 heteroatoms. The molecule has 2 aromatic rings. The number of amides is 1. The fourth-order valence-electron chi connectivity index (χ4n) is 2.78. The molecule has 1 aromatic carbocycles. The molecule has 24 heavy (non-hydrogen) atoms. The lowest BCUT2D eigenvalue weighted by Crippen LogP contribution is -2.22. The van der Waals surface area contributed by atoms with Gasteiger partial charge in [0.1, 0.15) is 0 Å². The maximum Gasteiger partial charge on any atom is 0.250 e. The van der Waals surface area contributed by atoms with E-state index in [1.54, 1.807) is 22.9 Å². The number of benzene rings is 1. The lowest BCUT2D eigenvalue weighted by atomic mass is 10.0. The van der Waals surface area contributed by atoms with Gasteiger partial charge in [-0.25, -0.2) is 0 Å². The lowest BCUT2D eigenvalue weighted by Gasteiger charge is -2.11. The molecule has 2 heterocycles. The summed E-state index contributed by atoms with van der Waals surface area (Å²) in [5.41, 5.74) is 1.41. The normalized spacial score (nSPS) is 17.0. The topological polar surface area (TPSA) is 60.3 Å². The molecule has 0 spiro atoms. The molecule has 0 saturated carbocycles. The van der Waals surface area contributed by atoms with E-state index < -0.39 is 0 Å². The first kappa shape index (κ1) is 16.7. The molecule has 1 N–H and O–H groups in total. The van der Waals surface area contributed by atoms with Crippen LogP contribution in [0.5, 0.6) is 0 Å². The van der Waals surface area contributed by atoms with Crippen LogP contribution in [0.4, 0.5) is 5.69 Å². The minimum atomic E-state index is -0.128. The first-order valence-electron chi connectivity index (χ1n) is 7.93. The van der Waals surface area contributed by atoms with Crippen molar-refractivity contribution in [2.24, 2.45) is 5.92 Å². The van der Waals surface area contributed by atoms with Crippen LogP contribution in [0.2, 0.25) is 5.02 Å². The quantitative estimate of drug-likeness (QED) is 0.905. The van der Waals surface area contributed by atoms with E-state index in [-0.39, 0.29) is 17.4 Å². The average Bonchev–Trinajstić information content (AvgIpc) is 3.03. The third kappa shape index (κ3) is 4.46. The second kappa shape index (κ2) is 7.64. The van der Waals surface area contributed by atoms with Crippen molar-refractivity contribution in [1.82, 2.24) is 4.57 Å². The van der Waals surface area contributed by atoms with Gasteiger partial charge in [-0.2, -0.15) is 0 Å². The van der Waals surface area contributed by atoms with Crippen molar-refractivity contribution in [3.63, 3.8) is 0 Å². The molecule has 0 radical (unpaired) electrons. The van der Waals surface area contributed by atoms with E-state index in [9.17, 15) is 9.59 Å². The van der Waals surface area contributed by atoms with Gasteiger partial charge in [0.15, 0.2) is 0 Å². The molecule has 1 unspecified atom stereocenters. The number of aromatic nitrogens is 1. The first-order chi connectivity index (χ1) is 11.6. The van der Waals surface area contributed by atoms with Crippen molar-refractivity contribution >= 4 is 23.2 Å². The average molecular weight is 347 g/mol. The van der Waals surface area contributed by atoms with Crippen molar-refractivity contribution in [2.45, 2.75) is 19.4 Å². The molecule has 5 nitrogen and oxygen atoms in total. The molecular formula is C18H19ClN2O3. The number of halogens is 1. The number of nitrogens with one attached hydrogen (secondary N) is 1. The van der Waals surface area contributed by atoms with E-state index in [1.807, 2.05) is 18.2 Å². The van der Waals surface area contributed by atoms with Crippen molar-refractivity contribution < 1.29 is 9.53 Å². The Morgan fingerprint density at radius 1 is 1.33 bits per heavy atom. The highest BCUT2D eigenvalue weighted by atomic mass is 35.5. The Kier molecular flexibility index (Phi) is 5.33. The lowest BCUT2D eigenvalue weighted by molar-refractivity contribution is -0.117. The Bertz CT molecular complexity index is 782. The zero-order chi connectivity index (χ0) is 16.9. The number of nitrogens with zero attached hydrogens (tertiary/aromatic N) is 1. The number of carbonyl (C=O) groups is 1. The van der Waals surface area contributed by atoms with Crippen LogP contribution in [0.15, 0.2) is 47.4 Å². The second-order valence-corrected chi connectivity index (χ2v) is 6.43. The molecule has 1 aromatic heterocycles. The standard InChI is InChI=1S/C18H19ClN2O3/c19-15-3-1-2-13(8-15)10-21-11-16(4-5-18(21)23)20-17(22)9-14-6-7-24-12-14/h1-5,8,11,14H,6-7,9-10,12H2,(H,20,22). The van der Waals surface area contributed by atoms with E-state index in [0.717, 1.165) is 18.6 Å². The summed E-state index contributed by atoms with van der Waals surface area (Å²) in [7, 11) is 0. The maximum atomic E-state index is 12.1. The summed E-state index contributed by atoms with van der Waals surface area (Å²) in [6.45, 7) is 1.77. The highest BCUT2D eigenvalue weighted by Crippen LogP contribution is 2.17. The van der Waals surface area contributed by atoms with Crippen LogP contribution in [0.1, 0.15) is 18.4 Å². The van der Waals surface area contributed by atoms with Gasteiger partial charge < -0.3 is 14.6 Å². The number of pyridine rings is 1. The third-order valence-corrected chi connectivity index (χ3v) is 4.24. The molecule has 1 amide bonds. The number of ether oxygens (including phenoxy) is 1. The number of hydrogen-bond donors (Lipinski definition) is 1. The largest absolute Gasteiger partial charge is 0.381 e. The molecule has 0 aliphatic carbocycles. The van der Waals surface area contributed by atoms with Crippen LogP contribution in [0.3, 0.4) is 0 Å². The summed E-state index contributed by atoms with van der Waals surface area (Å²) in [6, 6.07) is 10.4. The minimum absolute atomic E-state index is 0.0570. The molecule has 1 aliphatic heterocycles. The smallest absolute Gasteiger partial charge is 0.250 e. The van der Waals surface area contributed by atoms with Crippen molar-refractivity contribution in [3.8, 4) is 0 Å². The van der Waals surface area contributed by atoms with Gasteiger partial charge in [-0.15, -0.1) is 0 Å². The SMILES string of the molecule is O=C(CC1CCOC1)Nc1ccc(=O)n(Cc2cccc(Cl)c2)c1. The van der Waals surface area contributed by atoms with E-state index >= 15 is 0 Å². The summed E-state index contributed by atoms with van der Waals surface area (Å²) in [4.78, 5) is 24.1. The zero-order valence-electron chi connectivity index (χ0n) is 13.2. The first-order valence-corrected chi connectivity index (χ1v) is 8.30. The van der Waals surface area contributed by atoms with Crippen LogP contribution >= 0.6 is 11.6 Å². The predicted molar refractivity (Wildman–Crippen MR) is 93.4 cm³/mol. The number of hydrogen-bond acceptors (Lipinski definition) is 3. The van der Waals surface area contributed by atoms with Gasteiger partial charge in [0.05, 0.1) is 12.2 Å². The Morgan fingerprint density at radius 2 is 2.21 bits per heavy atom. The van der Waals surface area contributed by atoms with Crippen molar-refractivity contribution in [2.75, 3.05) is 18.5 Å². The van der Waals surface area contributed by atoms with Gasteiger partial charge in [-0.3, -0.25) is 9.59 Å². The molecule has 1 atom stereocenters. The predicted octanol–water partition coefficient (Wildman–Crippen LogP) is 2.92. The summed E-state index contributed by atoms with van der Waals surface area (Å²) in [6.07, 6.45) is 3.02. The fraction of sp³-hybridized carbons (Fsp3) is 0.333. The van der Waals surface area contributed by atoms with Crippen LogP contribution in [-0.4, -0.2) is 23.7 Å². The van der Waals surface area contributed by atoms with Crippen LogP contribution in [-0.2, 0) is 16.1 Å². The molecule has 1 fully saturated rings. The number of rotatable bonds is 5. The van der Waals surface area contributed by atoms with E-state index in [0.29, 0.717) is 30.3 Å². The Balaban J connectivity index is 1.69. The summed E-state index contributed by atoms with van der Waals surface area (Å²) < 4.78 is 6.84. The van der Waals surface area contributed by atoms with Crippen LogP contribution in [0.25, 0.3) is 0 Å². The van der Waals surface area contributed by atoms with Crippen molar-refractivity contribution in [3.05, 3.63) is 63.5 Å². The van der Waals surface area contributed by atoms with Crippen LogP contribution in [0, 0.1) is 5.92 Å². The van der Waals surface area contributed by atoms with Crippen LogP contribution < -0.4 is 10.9 Å². The van der Waals surface area contributed by atoms with Gasteiger partial charge >= 0.3 is 0 Å². The molecule has 1 saturated heterocycles. The monoisotopic (exact) mass is 346 g/mol. The molecule has 1 aliphatic rings. The van der Waals surface area contributed by atoms with Gasteiger partial charge in [0.25, 0.3) is 5.56 Å². The molecule has 0 bridgehead atoms. The van der Waals surface area contributed by atoms with Gasteiger partial charge in [0.2, 0.25) is 5.91 Å². The Labute approximate surface area is 145 Å². The summed E-state index contributed by atoms with van der Waals surface area (Å²) in [5.74, 6) is 0.223. The third-order valence-electron chi connectivity index (χ3n) is 4.01. The summed E-state index contributed by atoms with van der Waals surface area (Å²) in [5, 5.41) is 3.48. The second-order valence-electron chi connectivity index (χ2n) is 6.00. The highest BCUT2D eigenvalue weighted by molar-refractivity contribution is 6.30. The summed E-state index contributed by atoms with van der Waals surface area (Å²) >= 11 is 5.98. The molecule has 3 rings (SSSR count). The minimum Gasteiger partial charge on any atom is -0.381 e. The number of carbonyl (C=O) groups excluding carboxylic acids is 1. The van der Waals surface area contributed by atoms with Crippen molar-refractivity contribution in [1.29, 1.82) is 0 Å². The fourth-order valence-corrected chi connectivity index (χ4v) is 2.99. The zero-order valence-corrected chi connectivity index (χ0v) is 14.0. The Morgan fingerprint density at radius 3 is 2.96 bits per heavy atom. The number of anilines is 1. The molecular weight excluding hydrogens is 328 g/mol. The highest BCUT2D eigenvalue weighted by Gasteiger charge is 2.19. The molecule has 126 valence electrons. The van der Waals surface area contributed by atoms with Gasteiger partial charge in [-0.05, 0) is 36.1 Å².